The van der Waals surface area contributed by atoms with Gasteiger partial charge < -0.3 is 0 Å². The van der Waals surface area contributed by atoms with E-state index in [1.165, 1.54) is 11.3 Å². The highest BCUT2D eigenvalue weighted by Crippen LogP contribution is 2.32. The molecule has 7 heteroatoms. The third-order valence-electron chi connectivity index (χ3n) is 3.21. The molecule has 0 atom stereocenters. The van der Waals surface area contributed by atoms with E-state index in [9.17, 15) is 4.79 Å². The number of carbonyl (C=O) groups is 1. The Morgan fingerprint density at radius 3 is 2.91 bits per heavy atom. The van der Waals surface area contributed by atoms with Gasteiger partial charge in [-0.25, -0.2) is 4.98 Å². The van der Waals surface area contributed by atoms with E-state index in [4.69, 9.17) is 0 Å². The van der Waals surface area contributed by atoms with Crippen LogP contribution in [0.5, 0.6) is 0 Å². The first-order chi connectivity index (χ1) is 10.6. The summed E-state index contributed by atoms with van der Waals surface area (Å²) < 4.78 is 2.77. The maximum atomic E-state index is 12.4. The van der Waals surface area contributed by atoms with Crippen molar-refractivity contribution in [2.45, 2.75) is 24.8 Å². The number of nitrogens with one attached hydrogen (secondary N) is 1. The van der Waals surface area contributed by atoms with Gasteiger partial charge in [-0.15, -0.1) is 11.8 Å². The Hall–Kier alpha value is -1.86. The second kappa shape index (κ2) is 6.10. The van der Waals surface area contributed by atoms with Crippen LogP contribution in [-0.2, 0) is 0 Å². The predicted octanol–water partition coefficient (Wildman–Crippen LogP) is 4.05. The van der Waals surface area contributed by atoms with Gasteiger partial charge in [-0.2, -0.15) is 5.10 Å². The van der Waals surface area contributed by atoms with Crippen LogP contribution in [0.2, 0.25) is 0 Å². The second-order valence-electron chi connectivity index (χ2n) is 5.03. The first-order valence-corrected chi connectivity index (χ1v) is 8.92. The average Bonchev–Trinajstić information content (AvgIpc) is 3.12. The van der Waals surface area contributed by atoms with E-state index in [1.807, 2.05) is 38.3 Å². The molecule has 0 aliphatic carbocycles. The van der Waals surface area contributed by atoms with Crippen LogP contribution in [-0.4, -0.2) is 26.9 Å². The van der Waals surface area contributed by atoms with Crippen LogP contribution >= 0.6 is 23.1 Å². The van der Waals surface area contributed by atoms with E-state index in [2.05, 4.69) is 15.4 Å². The molecule has 0 fully saturated rings. The molecule has 1 aromatic carbocycles. The van der Waals surface area contributed by atoms with Gasteiger partial charge in [0, 0.05) is 17.1 Å². The number of anilines is 1. The number of fused-ring (bicyclic) bond motifs is 1. The molecule has 0 saturated carbocycles. The summed E-state index contributed by atoms with van der Waals surface area (Å²) in [4.78, 5) is 18.1. The lowest BCUT2D eigenvalue weighted by Crippen LogP contribution is -2.18. The van der Waals surface area contributed by atoms with Crippen LogP contribution in [0.15, 0.2) is 35.4 Å². The Morgan fingerprint density at radius 1 is 1.36 bits per heavy atom. The fourth-order valence-electron chi connectivity index (χ4n) is 2.21. The lowest BCUT2D eigenvalue weighted by atomic mass is 10.3. The van der Waals surface area contributed by atoms with Gasteiger partial charge in [-0.1, -0.05) is 17.4 Å². The number of amides is 1. The van der Waals surface area contributed by atoms with Crippen LogP contribution in [0.4, 0.5) is 5.13 Å². The lowest BCUT2D eigenvalue weighted by Gasteiger charge is -2.09. The maximum Gasteiger partial charge on any atom is 0.275 e. The SMILES string of the molecule is CSc1cccc2sc(NC(=O)c3ccnn3C(C)C)nc12. The Bertz CT molecular complexity index is 822. The van der Waals surface area contributed by atoms with Crippen LogP contribution < -0.4 is 5.32 Å². The summed E-state index contributed by atoms with van der Waals surface area (Å²) in [7, 11) is 0. The minimum absolute atomic E-state index is 0.134. The summed E-state index contributed by atoms with van der Waals surface area (Å²) in [5.41, 5.74) is 1.48. The zero-order valence-corrected chi connectivity index (χ0v) is 14.2. The largest absolute Gasteiger partial charge is 0.296 e. The quantitative estimate of drug-likeness (QED) is 0.732. The van der Waals surface area contributed by atoms with Gasteiger partial charge in [0.15, 0.2) is 5.13 Å². The number of thiazole rings is 1. The van der Waals surface area contributed by atoms with Crippen LogP contribution in [0, 0.1) is 0 Å². The third-order valence-corrected chi connectivity index (χ3v) is 4.92. The molecule has 3 rings (SSSR count). The highest BCUT2D eigenvalue weighted by Gasteiger charge is 2.16. The first-order valence-electron chi connectivity index (χ1n) is 6.88. The summed E-state index contributed by atoms with van der Waals surface area (Å²) >= 11 is 3.13. The van der Waals surface area contributed by atoms with E-state index in [1.54, 1.807) is 28.7 Å². The molecule has 22 heavy (non-hydrogen) atoms. The molecule has 1 amide bonds. The summed E-state index contributed by atoms with van der Waals surface area (Å²) in [5.74, 6) is -0.184. The Balaban J connectivity index is 1.90. The van der Waals surface area contributed by atoms with Crippen molar-refractivity contribution in [3.8, 4) is 0 Å². The molecule has 0 spiro atoms. The first kappa shape index (κ1) is 15.1. The number of hydrogen-bond acceptors (Lipinski definition) is 5. The molecular weight excluding hydrogens is 316 g/mol. The number of benzene rings is 1. The van der Waals surface area contributed by atoms with E-state index in [0.717, 1.165) is 15.1 Å². The molecule has 0 bridgehead atoms. The van der Waals surface area contributed by atoms with Crippen LogP contribution in [0.3, 0.4) is 0 Å². The van der Waals surface area contributed by atoms with Crippen LogP contribution in [0.25, 0.3) is 10.2 Å². The number of para-hydroxylation sites is 1. The van der Waals surface area contributed by atoms with Gasteiger partial charge in [0.1, 0.15) is 5.69 Å². The van der Waals surface area contributed by atoms with Crippen molar-refractivity contribution in [2.24, 2.45) is 0 Å². The van der Waals surface area contributed by atoms with Crippen molar-refractivity contribution in [1.82, 2.24) is 14.8 Å². The molecule has 3 aromatic rings. The van der Waals surface area contributed by atoms with Crippen molar-refractivity contribution in [3.05, 3.63) is 36.2 Å². The van der Waals surface area contributed by atoms with Crippen molar-refractivity contribution in [1.29, 1.82) is 0 Å². The molecule has 0 unspecified atom stereocenters. The molecule has 2 heterocycles. The second-order valence-corrected chi connectivity index (χ2v) is 6.91. The minimum Gasteiger partial charge on any atom is -0.296 e. The molecule has 1 N–H and O–H groups in total. The highest BCUT2D eigenvalue weighted by molar-refractivity contribution is 7.98. The number of carbonyl (C=O) groups excluding carboxylic acids is 1. The van der Waals surface area contributed by atoms with E-state index in [0.29, 0.717) is 10.8 Å². The normalized spacial score (nSPS) is 11.3. The third kappa shape index (κ3) is 2.74. The Morgan fingerprint density at radius 2 is 2.18 bits per heavy atom. The number of thioether (sulfide) groups is 1. The molecule has 2 aromatic heterocycles. The zero-order valence-electron chi connectivity index (χ0n) is 12.5. The Kier molecular flexibility index (Phi) is 4.17. The average molecular weight is 332 g/mol. The van der Waals surface area contributed by atoms with Gasteiger partial charge in [0.05, 0.1) is 10.2 Å². The molecule has 0 radical (unpaired) electrons. The fourth-order valence-corrected chi connectivity index (χ4v) is 3.72. The summed E-state index contributed by atoms with van der Waals surface area (Å²) in [5, 5.41) is 7.67. The lowest BCUT2D eigenvalue weighted by molar-refractivity contribution is 0.101. The Labute approximate surface area is 136 Å². The molecular formula is C15H16N4OS2. The van der Waals surface area contributed by atoms with Gasteiger partial charge >= 0.3 is 0 Å². The molecule has 114 valence electrons. The van der Waals surface area contributed by atoms with E-state index in [-0.39, 0.29) is 11.9 Å². The smallest absolute Gasteiger partial charge is 0.275 e. The van der Waals surface area contributed by atoms with E-state index < -0.39 is 0 Å². The number of hydrogen-bond donors (Lipinski definition) is 1. The highest BCUT2D eigenvalue weighted by atomic mass is 32.2. The van der Waals surface area contributed by atoms with Crippen molar-refractivity contribution in [2.75, 3.05) is 11.6 Å². The standard InChI is InChI=1S/C15H16N4OS2/c1-9(2)19-10(7-8-16-19)14(20)18-15-17-13-11(21-3)5-4-6-12(13)22-15/h4-9H,1-3H3,(H,17,18,20). The summed E-state index contributed by atoms with van der Waals surface area (Å²) in [6.45, 7) is 3.98. The topological polar surface area (TPSA) is 59.8 Å². The van der Waals surface area contributed by atoms with Crippen LogP contribution in [0.1, 0.15) is 30.4 Å². The van der Waals surface area contributed by atoms with Gasteiger partial charge in [0.25, 0.3) is 5.91 Å². The molecule has 0 aliphatic heterocycles. The number of aromatic nitrogens is 3. The monoisotopic (exact) mass is 332 g/mol. The van der Waals surface area contributed by atoms with Crippen molar-refractivity contribution in [3.63, 3.8) is 0 Å². The fraction of sp³-hybridized carbons (Fsp3) is 0.267. The predicted molar refractivity (Wildman–Crippen MR) is 92.0 cm³/mol. The molecule has 0 aliphatic rings. The number of rotatable bonds is 4. The maximum absolute atomic E-state index is 12.4. The summed E-state index contributed by atoms with van der Waals surface area (Å²) in [6, 6.07) is 7.91. The molecule has 0 saturated heterocycles. The van der Waals surface area contributed by atoms with Gasteiger partial charge in [-0.3, -0.25) is 14.8 Å². The van der Waals surface area contributed by atoms with Crippen molar-refractivity contribution < 1.29 is 4.79 Å². The van der Waals surface area contributed by atoms with Gasteiger partial charge in [0.2, 0.25) is 0 Å². The zero-order chi connectivity index (χ0) is 15.7. The number of nitrogens with zero attached hydrogens (tertiary/aromatic N) is 3. The van der Waals surface area contributed by atoms with Gasteiger partial charge in [-0.05, 0) is 38.3 Å². The molecule has 5 nitrogen and oxygen atoms in total. The van der Waals surface area contributed by atoms with E-state index >= 15 is 0 Å². The van der Waals surface area contributed by atoms with Crippen molar-refractivity contribution >= 4 is 44.4 Å². The minimum atomic E-state index is -0.184. The summed E-state index contributed by atoms with van der Waals surface area (Å²) in [6.07, 6.45) is 3.66.